The molecule has 0 saturated carbocycles. The Morgan fingerprint density at radius 2 is 1.82 bits per heavy atom. The molecule has 0 bridgehead atoms. The fourth-order valence-electron chi connectivity index (χ4n) is 2.81. The topological polar surface area (TPSA) is 3.88 Å². The van der Waals surface area contributed by atoms with Gasteiger partial charge in [-0.3, -0.25) is 0 Å². The molecular formula is C20H30GeN+. The molecule has 0 amide bonds. The van der Waals surface area contributed by atoms with Gasteiger partial charge in [-0.2, -0.15) is 0 Å². The fraction of sp³-hybridized carbons (Fsp3) is 0.450. The van der Waals surface area contributed by atoms with Gasteiger partial charge in [-0.25, -0.2) is 0 Å². The fourth-order valence-corrected chi connectivity index (χ4v) is 6.02. The first-order valence-corrected chi connectivity index (χ1v) is 15.4. The van der Waals surface area contributed by atoms with Crippen LogP contribution in [0.1, 0.15) is 27.7 Å². The minimum atomic E-state index is -2.21. The first-order valence-electron chi connectivity index (χ1n) is 9.07. The van der Waals surface area contributed by atoms with E-state index in [0.29, 0.717) is 0 Å². The van der Waals surface area contributed by atoms with Gasteiger partial charge in [0.1, 0.15) is 0 Å². The molecule has 0 saturated heterocycles. The van der Waals surface area contributed by atoms with Crippen molar-refractivity contribution < 1.29 is 7.31 Å². The number of aromatic nitrogens is 1. The van der Waals surface area contributed by atoms with Crippen molar-refractivity contribution in [3.8, 4) is 11.3 Å². The zero-order valence-corrected chi connectivity index (χ0v) is 17.1. The second-order valence-corrected chi connectivity index (χ2v) is 18.0. The summed E-state index contributed by atoms with van der Waals surface area (Å²) < 4.78 is 20.9. The maximum atomic E-state index is 8.71. The van der Waals surface area contributed by atoms with Gasteiger partial charge >= 0.3 is 141 Å². The molecule has 0 N–H and O–H groups in total. The van der Waals surface area contributed by atoms with Crippen molar-refractivity contribution >= 4 is 17.7 Å². The zero-order valence-electron chi connectivity index (χ0n) is 17.0. The van der Waals surface area contributed by atoms with Crippen molar-refractivity contribution in [2.75, 3.05) is 0 Å². The Labute approximate surface area is 141 Å². The summed E-state index contributed by atoms with van der Waals surface area (Å²) in [6.45, 7) is 6.06. The van der Waals surface area contributed by atoms with E-state index in [-0.39, 0.29) is 5.92 Å². The van der Waals surface area contributed by atoms with E-state index in [9.17, 15) is 0 Å². The maximum absolute atomic E-state index is 8.71. The first-order chi connectivity index (χ1) is 11.0. The van der Waals surface area contributed by atoms with Gasteiger partial charge in [-0.05, 0) is 0 Å². The molecule has 0 fully saturated rings. The average molecular weight is 359 g/mol. The van der Waals surface area contributed by atoms with E-state index in [1.807, 2.05) is 19.9 Å². The van der Waals surface area contributed by atoms with Crippen molar-refractivity contribution in [3.05, 3.63) is 47.7 Å². The summed E-state index contributed by atoms with van der Waals surface area (Å²) in [4.78, 5) is 0. The molecule has 2 aromatic rings. The molecule has 0 aliphatic rings. The predicted octanol–water partition coefficient (Wildman–Crippen LogP) is 4.23. The summed E-state index contributed by atoms with van der Waals surface area (Å²) >= 11 is -2.21. The molecule has 0 aliphatic heterocycles. The number of hydrogen-bond acceptors (Lipinski definition) is 0. The van der Waals surface area contributed by atoms with E-state index in [0.717, 1.165) is 11.3 Å². The Morgan fingerprint density at radius 3 is 2.36 bits per heavy atom. The van der Waals surface area contributed by atoms with Gasteiger partial charge in [0.05, 0.1) is 0 Å². The molecule has 118 valence electrons. The van der Waals surface area contributed by atoms with Crippen LogP contribution in [0, 0.1) is 12.8 Å². The van der Waals surface area contributed by atoms with E-state index < -0.39 is 19.6 Å². The van der Waals surface area contributed by atoms with Crippen LogP contribution < -0.4 is 8.96 Å². The molecule has 0 radical (unpaired) electrons. The van der Waals surface area contributed by atoms with Crippen molar-refractivity contribution in [1.29, 1.82) is 0 Å². The van der Waals surface area contributed by atoms with E-state index in [4.69, 9.17) is 2.74 Å². The van der Waals surface area contributed by atoms with E-state index in [1.165, 1.54) is 15.5 Å². The summed E-state index contributed by atoms with van der Waals surface area (Å²) in [5.41, 5.74) is 4.37. The summed E-state index contributed by atoms with van der Waals surface area (Å²) in [5.74, 6) is 6.95. The summed E-state index contributed by atoms with van der Waals surface area (Å²) in [6.07, 6.45) is 0.872. The van der Waals surface area contributed by atoms with Gasteiger partial charge in [0.15, 0.2) is 0 Å². The molecule has 1 aromatic heterocycles. The Balaban J connectivity index is 2.81. The normalized spacial score (nSPS) is 14.0. The molecule has 0 spiro atoms. The molecule has 1 aromatic carbocycles. The second-order valence-electron chi connectivity index (χ2n) is 7.46. The SMILES string of the molecule is [2H]C([2H])(c1cc(-c2ccccc2C)[n+](C)c[c]1[Ge]([CH3])([CH3])[CH3])C(C)C. The zero-order chi connectivity index (χ0) is 18.3. The van der Waals surface area contributed by atoms with Gasteiger partial charge in [0, 0.05) is 0 Å². The number of pyridine rings is 1. The number of hydrogen-bond donors (Lipinski definition) is 0. The molecule has 1 heterocycles. The van der Waals surface area contributed by atoms with E-state index >= 15 is 0 Å². The number of aryl methyl sites for hydroxylation is 2. The molecule has 0 aliphatic carbocycles. The van der Waals surface area contributed by atoms with Gasteiger partial charge in [-0.1, -0.05) is 0 Å². The van der Waals surface area contributed by atoms with Crippen molar-refractivity contribution in [3.63, 3.8) is 0 Å². The van der Waals surface area contributed by atoms with Crippen LogP contribution in [-0.2, 0) is 13.4 Å². The molecule has 1 nitrogen and oxygen atoms in total. The molecule has 22 heavy (non-hydrogen) atoms. The second kappa shape index (κ2) is 6.58. The van der Waals surface area contributed by atoms with Gasteiger partial charge in [-0.15, -0.1) is 0 Å². The molecule has 2 heteroatoms. The average Bonchev–Trinajstić information content (AvgIpc) is 2.46. The molecule has 0 atom stereocenters. The van der Waals surface area contributed by atoms with Crippen LogP contribution in [0.25, 0.3) is 11.3 Å². The van der Waals surface area contributed by atoms with Crippen LogP contribution in [0.3, 0.4) is 0 Å². The van der Waals surface area contributed by atoms with Crippen LogP contribution in [0.2, 0.25) is 17.3 Å². The van der Waals surface area contributed by atoms with Crippen molar-refractivity contribution in [1.82, 2.24) is 0 Å². The van der Waals surface area contributed by atoms with Crippen molar-refractivity contribution in [2.45, 2.75) is 44.4 Å². The predicted molar refractivity (Wildman–Crippen MR) is 99.3 cm³/mol. The van der Waals surface area contributed by atoms with Crippen molar-refractivity contribution in [2.24, 2.45) is 13.0 Å². The van der Waals surface area contributed by atoms with Crippen LogP contribution in [0.5, 0.6) is 0 Å². The molecule has 0 unspecified atom stereocenters. The number of benzene rings is 1. The molecular weight excluding hydrogens is 327 g/mol. The van der Waals surface area contributed by atoms with E-state index in [2.05, 4.69) is 66.3 Å². The third-order valence-corrected chi connectivity index (χ3v) is 8.17. The van der Waals surface area contributed by atoms with Gasteiger partial charge < -0.3 is 0 Å². The first kappa shape index (κ1) is 14.5. The number of rotatable bonds is 4. The van der Waals surface area contributed by atoms with Gasteiger partial charge in [0.2, 0.25) is 0 Å². The summed E-state index contributed by atoms with van der Waals surface area (Å²) in [7, 11) is 2.08. The minimum absolute atomic E-state index is 0.0570. The Bertz CT molecular complexity index is 746. The van der Waals surface area contributed by atoms with Crippen LogP contribution in [-0.4, -0.2) is 13.3 Å². The van der Waals surface area contributed by atoms with Crippen LogP contribution >= 0.6 is 0 Å². The third kappa shape index (κ3) is 3.81. The van der Waals surface area contributed by atoms with Crippen LogP contribution in [0.15, 0.2) is 36.5 Å². The quantitative estimate of drug-likeness (QED) is 0.568. The summed E-state index contributed by atoms with van der Waals surface area (Å²) in [5, 5.41) is 0. The van der Waals surface area contributed by atoms with E-state index in [1.54, 1.807) is 0 Å². The monoisotopic (exact) mass is 360 g/mol. The Hall–Kier alpha value is -1.09. The third-order valence-electron chi connectivity index (χ3n) is 3.95. The van der Waals surface area contributed by atoms with Crippen LogP contribution in [0.4, 0.5) is 0 Å². The molecule has 2 rings (SSSR count). The summed E-state index contributed by atoms with van der Waals surface area (Å²) in [6, 6.07) is 10.4. The Morgan fingerprint density at radius 1 is 1.18 bits per heavy atom. The van der Waals surface area contributed by atoms with Gasteiger partial charge in [0.25, 0.3) is 0 Å². The Kier molecular flexibility index (Phi) is 4.33. The standard InChI is InChI=1S/C20H30GeN/c1-15(2)12-17-13-20(18-11-9-8-10-16(18)3)22(7)14-19(17)21(4,5)6/h8-11,13-15H,12H2,1-7H3/q+1/i12D2. The number of nitrogens with zero attached hydrogens (tertiary/aromatic N) is 1.